The number of hydrogen-bond acceptors (Lipinski definition) is 7. The molecule has 1 N–H and O–H groups in total. The molecule has 3 heterocycles. The fraction of sp³-hybridized carbons (Fsp3) is 0.611. The largest absolute Gasteiger partial charge is 0.390 e. The van der Waals surface area contributed by atoms with Crippen LogP contribution in [0.1, 0.15) is 11.3 Å². The van der Waals surface area contributed by atoms with Gasteiger partial charge in [0.1, 0.15) is 12.1 Å². The van der Waals surface area contributed by atoms with Crippen LogP contribution in [0.25, 0.3) is 11.0 Å². The van der Waals surface area contributed by atoms with Crippen LogP contribution >= 0.6 is 0 Å². The lowest BCUT2D eigenvalue weighted by Crippen LogP contribution is -2.50. The molecular formula is C18H28N6O. The van der Waals surface area contributed by atoms with Gasteiger partial charge in [0.05, 0.1) is 11.5 Å². The number of anilines is 1. The number of nitrogens with zero attached hydrogens (tertiary/aromatic N) is 6. The number of pyridine rings is 1. The fourth-order valence-corrected chi connectivity index (χ4v) is 3.55. The standard InChI is InChI=1S/C18H28N6O/c1-13-9-14(2)21-17-16(13)18(20-12-19-17)24-7-5-23(6-8-24)11-15(25)10-22(3)4/h9,12,15,25H,5-8,10-11H2,1-4H3. The second-order valence-electron chi connectivity index (χ2n) is 7.18. The maximum absolute atomic E-state index is 10.1. The molecule has 7 heteroatoms. The summed E-state index contributed by atoms with van der Waals surface area (Å²) >= 11 is 0. The molecule has 0 aliphatic carbocycles. The Morgan fingerprint density at radius 1 is 1.16 bits per heavy atom. The number of rotatable bonds is 5. The first kappa shape index (κ1) is 18.0. The summed E-state index contributed by atoms with van der Waals surface area (Å²) in [7, 11) is 3.97. The second-order valence-corrected chi connectivity index (χ2v) is 7.18. The van der Waals surface area contributed by atoms with Gasteiger partial charge < -0.3 is 14.9 Å². The molecule has 0 saturated carbocycles. The first-order valence-electron chi connectivity index (χ1n) is 8.83. The molecule has 1 saturated heterocycles. The molecule has 2 aromatic rings. The van der Waals surface area contributed by atoms with E-state index in [0.29, 0.717) is 6.54 Å². The van der Waals surface area contributed by atoms with E-state index in [1.165, 1.54) is 5.56 Å². The Hall–Kier alpha value is -1.83. The van der Waals surface area contributed by atoms with Crippen LogP contribution in [-0.2, 0) is 0 Å². The molecule has 1 aliphatic heterocycles. The van der Waals surface area contributed by atoms with Crippen molar-refractivity contribution in [3.05, 3.63) is 23.7 Å². The molecule has 0 radical (unpaired) electrons. The van der Waals surface area contributed by atoms with Gasteiger partial charge in [0.15, 0.2) is 5.65 Å². The van der Waals surface area contributed by atoms with Gasteiger partial charge in [-0.3, -0.25) is 4.90 Å². The van der Waals surface area contributed by atoms with Crippen molar-refractivity contribution in [1.29, 1.82) is 0 Å². The van der Waals surface area contributed by atoms with Crippen LogP contribution in [0.2, 0.25) is 0 Å². The zero-order valence-electron chi connectivity index (χ0n) is 15.6. The van der Waals surface area contributed by atoms with E-state index in [4.69, 9.17) is 0 Å². The summed E-state index contributed by atoms with van der Waals surface area (Å²) in [5.74, 6) is 0.975. The van der Waals surface area contributed by atoms with Gasteiger partial charge in [-0.2, -0.15) is 0 Å². The highest BCUT2D eigenvalue weighted by Crippen LogP contribution is 2.26. The SMILES string of the molecule is Cc1cc(C)c2c(N3CCN(CC(O)CN(C)C)CC3)ncnc2n1. The van der Waals surface area contributed by atoms with Crippen molar-refractivity contribution in [2.75, 3.05) is 58.3 Å². The van der Waals surface area contributed by atoms with Gasteiger partial charge in [0.25, 0.3) is 0 Å². The summed E-state index contributed by atoms with van der Waals surface area (Å²) in [4.78, 5) is 20.1. The highest BCUT2D eigenvalue weighted by molar-refractivity contribution is 5.90. The molecule has 0 spiro atoms. The van der Waals surface area contributed by atoms with Gasteiger partial charge in [0.2, 0.25) is 0 Å². The second kappa shape index (κ2) is 7.59. The molecule has 1 aliphatic rings. The number of aryl methyl sites for hydroxylation is 2. The third-order valence-electron chi connectivity index (χ3n) is 4.63. The van der Waals surface area contributed by atoms with Crippen LogP contribution in [0.4, 0.5) is 5.82 Å². The van der Waals surface area contributed by atoms with Crippen molar-refractivity contribution in [2.24, 2.45) is 0 Å². The van der Waals surface area contributed by atoms with Crippen LogP contribution in [-0.4, -0.2) is 89.3 Å². The molecule has 0 aromatic carbocycles. The topological polar surface area (TPSA) is 68.6 Å². The zero-order chi connectivity index (χ0) is 18.0. The van der Waals surface area contributed by atoms with E-state index in [2.05, 4.69) is 37.7 Å². The third-order valence-corrected chi connectivity index (χ3v) is 4.63. The monoisotopic (exact) mass is 344 g/mol. The summed E-state index contributed by atoms with van der Waals surface area (Å²) in [6, 6.07) is 2.09. The fourth-order valence-electron chi connectivity index (χ4n) is 3.55. The normalized spacial score (nSPS) is 17.4. The van der Waals surface area contributed by atoms with Crippen LogP contribution in [0.3, 0.4) is 0 Å². The maximum atomic E-state index is 10.1. The highest BCUT2D eigenvalue weighted by atomic mass is 16.3. The summed E-state index contributed by atoms with van der Waals surface area (Å²) < 4.78 is 0. The number of fused-ring (bicyclic) bond motifs is 1. The average Bonchev–Trinajstić information content (AvgIpc) is 2.54. The molecule has 1 unspecified atom stereocenters. The summed E-state index contributed by atoms with van der Waals surface area (Å²) in [5.41, 5.74) is 2.92. The molecule has 0 bridgehead atoms. The molecule has 1 atom stereocenters. The lowest BCUT2D eigenvalue weighted by molar-refractivity contribution is 0.0860. The van der Waals surface area contributed by atoms with E-state index < -0.39 is 0 Å². The molecular weight excluding hydrogens is 316 g/mol. The number of β-amino-alcohol motifs (C(OH)–C–C–N with tert-alkyl or cyclic N) is 1. The number of aromatic nitrogens is 3. The Morgan fingerprint density at radius 3 is 2.56 bits per heavy atom. The van der Waals surface area contributed by atoms with E-state index in [1.54, 1.807) is 6.33 Å². The smallest absolute Gasteiger partial charge is 0.165 e. The summed E-state index contributed by atoms with van der Waals surface area (Å²) in [5, 5.41) is 11.2. The van der Waals surface area contributed by atoms with Gasteiger partial charge in [-0.25, -0.2) is 15.0 Å². The number of aliphatic hydroxyl groups is 1. The van der Waals surface area contributed by atoms with Gasteiger partial charge in [-0.05, 0) is 39.6 Å². The van der Waals surface area contributed by atoms with E-state index in [0.717, 1.165) is 55.3 Å². The van der Waals surface area contributed by atoms with E-state index in [1.807, 2.05) is 25.9 Å². The van der Waals surface area contributed by atoms with Crippen molar-refractivity contribution in [3.8, 4) is 0 Å². The molecule has 0 amide bonds. The number of aliphatic hydroxyl groups excluding tert-OH is 1. The van der Waals surface area contributed by atoms with Crippen LogP contribution in [0.15, 0.2) is 12.4 Å². The number of hydrogen-bond donors (Lipinski definition) is 1. The Kier molecular flexibility index (Phi) is 5.46. The van der Waals surface area contributed by atoms with Crippen molar-refractivity contribution in [1.82, 2.24) is 24.8 Å². The Labute approximate surface area is 149 Å². The van der Waals surface area contributed by atoms with Crippen LogP contribution in [0.5, 0.6) is 0 Å². The Morgan fingerprint density at radius 2 is 1.88 bits per heavy atom. The summed E-state index contributed by atoms with van der Waals surface area (Å²) in [6.45, 7) is 9.14. The molecule has 7 nitrogen and oxygen atoms in total. The van der Waals surface area contributed by atoms with Gasteiger partial charge in [-0.1, -0.05) is 0 Å². The van der Waals surface area contributed by atoms with Gasteiger partial charge in [0, 0.05) is 45.0 Å². The average molecular weight is 344 g/mol. The minimum atomic E-state index is -0.309. The molecule has 1 fully saturated rings. The molecule has 2 aromatic heterocycles. The molecule has 136 valence electrons. The predicted octanol–water partition coefficient (Wildman–Crippen LogP) is 0.686. The quantitative estimate of drug-likeness (QED) is 0.856. The molecule has 3 rings (SSSR count). The van der Waals surface area contributed by atoms with Crippen molar-refractivity contribution in [2.45, 2.75) is 20.0 Å². The van der Waals surface area contributed by atoms with E-state index >= 15 is 0 Å². The lowest BCUT2D eigenvalue weighted by Gasteiger charge is -2.36. The van der Waals surface area contributed by atoms with Crippen molar-refractivity contribution >= 4 is 16.9 Å². The van der Waals surface area contributed by atoms with Crippen LogP contribution < -0.4 is 4.90 Å². The first-order valence-corrected chi connectivity index (χ1v) is 8.83. The minimum absolute atomic E-state index is 0.309. The lowest BCUT2D eigenvalue weighted by atomic mass is 10.1. The predicted molar refractivity (Wildman–Crippen MR) is 100 cm³/mol. The third kappa shape index (κ3) is 4.23. The molecule has 25 heavy (non-hydrogen) atoms. The van der Waals surface area contributed by atoms with Gasteiger partial charge in [-0.15, -0.1) is 0 Å². The van der Waals surface area contributed by atoms with E-state index in [9.17, 15) is 5.11 Å². The van der Waals surface area contributed by atoms with Crippen molar-refractivity contribution in [3.63, 3.8) is 0 Å². The van der Waals surface area contributed by atoms with Crippen LogP contribution in [0, 0.1) is 13.8 Å². The van der Waals surface area contributed by atoms with Gasteiger partial charge >= 0.3 is 0 Å². The highest BCUT2D eigenvalue weighted by Gasteiger charge is 2.22. The Bertz CT molecular complexity index is 727. The first-order chi connectivity index (χ1) is 11.9. The Balaban J connectivity index is 1.70. The maximum Gasteiger partial charge on any atom is 0.165 e. The van der Waals surface area contributed by atoms with E-state index in [-0.39, 0.29) is 6.10 Å². The minimum Gasteiger partial charge on any atom is -0.390 e. The number of piperazine rings is 1. The van der Waals surface area contributed by atoms with Crippen molar-refractivity contribution < 1.29 is 5.11 Å². The summed E-state index contributed by atoms with van der Waals surface area (Å²) in [6.07, 6.45) is 1.30. The zero-order valence-corrected chi connectivity index (χ0v) is 15.6. The number of likely N-dealkylation sites (N-methyl/N-ethyl adjacent to an activating group) is 1.